The fraction of sp³-hybridized carbons (Fsp3) is 0.355. The Labute approximate surface area is 252 Å². The zero-order chi connectivity index (χ0) is 29.4. The molecule has 10 heteroatoms. The average Bonchev–Trinajstić information content (AvgIpc) is 2.97. The first-order valence-corrected chi connectivity index (χ1v) is 16.1. The van der Waals surface area contributed by atoms with E-state index in [9.17, 15) is 18.0 Å². The highest BCUT2D eigenvalue weighted by Crippen LogP contribution is 2.33. The summed E-state index contributed by atoms with van der Waals surface area (Å²) in [5, 5.41) is 3.56. The van der Waals surface area contributed by atoms with E-state index in [1.807, 2.05) is 37.3 Å². The van der Waals surface area contributed by atoms with Crippen molar-refractivity contribution in [2.75, 3.05) is 10.8 Å². The van der Waals surface area contributed by atoms with Gasteiger partial charge in [0, 0.05) is 17.6 Å². The summed E-state index contributed by atoms with van der Waals surface area (Å²) in [5.74, 6) is -0.754. The lowest BCUT2D eigenvalue weighted by Gasteiger charge is -2.34. The van der Waals surface area contributed by atoms with Crippen LogP contribution >= 0.6 is 23.2 Å². The van der Waals surface area contributed by atoms with E-state index in [1.165, 1.54) is 35.2 Å². The van der Waals surface area contributed by atoms with Gasteiger partial charge in [-0.25, -0.2) is 8.42 Å². The highest BCUT2D eigenvalue weighted by Gasteiger charge is 2.35. The van der Waals surface area contributed by atoms with E-state index < -0.39 is 28.5 Å². The first-order chi connectivity index (χ1) is 19.7. The lowest BCUT2D eigenvalue weighted by molar-refractivity contribution is -0.140. The number of hydrogen-bond donors (Lipinski definition) is 1. The van der Waals surface area contributed by atoms with Crippen LogP contribution in [0.1, 0.15) is 51.0 Å². The highest BCUT2D eigenvalue weighted by atomic mass is 35.5. The van der Waals surface area contributed by atoms with Crippen molar-refractivity contribution < 1.29 is 18.0 Å². The van der Waals surface area contributed by atoms with E-state index in [1.54, 1.807) is 18.2 Å². The molecule has 0 radical (unpaired) electrons. The molecule has 1 fully saturated rings. The summed E-state index contributed by atoms with van der Waals surface area (Å²) in [6.07, 6.45) is 5.45. The van der Waals surface area contributed by atoms with Gasteiger partial charge in [-0.1, -0.05) is 97.9 Å². The molecule has 4 rings (SSSR count). The van der Waals surface area contributed by atoms with Crippen LogP contribution in [0.4, 0.5) is 5.69 Å². The first-order valence-electron chi connectivity index (χ1n) is 13.9. The van der Waals surface area contributed by atoms with E-state index in [0.717, 1.165) is 42.0 Å². The van der Waals surface area contributed by atoms with Crippen LogP contribution in [-0.2, 0) is 26.2 Å². The number of anilines is 1. The van der Waals surface area contributed by atoms with Crippen molar-refractivity contribution in [2.24, 2.45) is 0 Å². The molecule has 1 aliphatic rings. The van der Waals surface area contributed by atoms with Gasteiger partial charge < -0.3 is 10.2 Å². The third-order valence-electron chi connectivity index (χ3n) is 7.32. The summed E-state index contributed by atoms with van der Waals surface area (Å²) in [6, 6.07) is 20.9. The fourth-order valence-corrected chi connectivity index (χ4v) is 7.18. The zero-order valence-corrected chi connectivity index (χ0v) is 25.3. The lowest BCUT2D eigenvalue weighted by Crippen LogP contribution is -2.54. The molecule has 0 aliphatic heterocycles. The molecule has 0 unspecified atom stereocenters. The van der Waals surface area contributed by atoms with Crippen LogP contribution in [0, 0.1) is 0 Å². The van der Waals surface area contributed by atoms with Crippen LogP contribution in [0.25, 0.3) is 0 Å². The Balaban J connectivity index is 1.71. The van der Waals surface area contributed by atoms with Crippen LogP contribution in [-0.4, -0.2) is 43.8 Å². The van der Waals surface area contributed by atoms with Crippen LogP contribution < -0.4 is 9.62 Å². The predicted octanol–water partition coefficient (Wildman–Crippen LogP) is 6.45. The lowest BCUT2D eigenvalue weighted by atomic mass is 9.95. The van der Waals surface area contributed by atoms with Crippen molar-refractivity contribution in [3.8, 4) is 0 Å². The van der Waals surface area contributed by atoms with Crippen molar-refractivity contribution in [1.82, 2.24) is 10.2 Å². The largest absolute Gasteiger partial charge is 0.352 e. The van der Waals surface area contributed by atoms with Crippen LogP contribution in [0.5, 0.6) is 0 Å². The smallest absolute Gasteiger partial charge is 0.264 e. The second-order valence-corrected chi connectivity index (χ2v) is 12.9. The maximum atomic E-state index is 14.2. The van der Waals surface area contributed by atoms with Gasteiger partial charge in [-0.15, -0.1) is 0 Å². The summed E-state index contributed by atoms with van der Waals surface area (Å²) in [6.45, 7) is 1.44. The van der Waals surface area contributed by atoms with Gasteiger partial charge in [0.15, 0.2) is 0 Å². The number of benzene rings is 3. The fourth-order valence-electron chi connectivity index (χ4n) is 5.16. The average molecular weight is 617 g/mol. The summed E-state index contributed by atoms with van der Waals surface area (Å²) < 4.78 is 28.8. The Morgan fingerprint density at radius 3 is 2.17 bits per heavy atom. The number of amides is 2. The van der Waals surface area contributed by atoms with Crippen molar-refractivity contribution in [1.29, 1.82) is 0 Å². The maximum absolute atomic E-state index is 14.2. The van der Waals surface area contributed by atoms with E-state index in [2.05, 4.69) is 5.32 Å². The minimum atomic E-state index is -4.21. The van der Waals surface area contributed by atoms with Crippen LogP contribution in [0.3, 0.4) is 0 Å². The first kappa shape index (κ1) is 30.9. The van der Waals surface area contributed by atoms with Gasteiger partial charge in [-0.2, -0.15) is 0 Å². The number of hydrogen-bond acceptors (Lipinski definition) is 4. The van der Waals surface area contributed by atoms with Crippen LogP contribution in [0.15, 0.2) is 83.8 Å². The Hall–Kier alpha value is -3.07. The molecular weight excluding hydrogens is 581 g/mol. The number of rotatable bonds is 11. The van der Waals surface area contributed by atoms with E-state index in [0.29, 0.717) is 11.4 Å². The second-order valence-electron chi connectivity index (χ2n) is 10.2. The standard InChI is InChI=1S/C31H35Cl2N3O4S/c1-2-28(31(38)34-25-14-8-4-9-15-25)35(21-23-12-6-3-7-13-23)30(37)22-36(29-19-18-24(32)20-27(29)33)41(39,40)26-16-10-5-11-17-26/h3,5-7,10-13,16-20,25,28H,2,4,8-9,14-15,21-22H2,1H3,(H,34,38)/t28-/m1/s1. The molecular formula is C31H35Cl2N3O4S. The Morgan fingerprint density at radius 2 is 1.56 bits per heavy atom. The van der Waals surface area contributed by atoms with Gasteiger partial charge >= 0.3 is 0 Å². The van der Waals surface area contributed by atoms with Crippen LogP contribution in [0.2, 0.25) is 10.0 Å². The SMILES string of the molecule is CC[C@H](C(=O)NC1CCCCC1)N(Cc1ccccc1)C(=O)CN(c1ccc(Cl)cc1Cl)S(=O)(=O)c1ccccc1. The number of carbonyl (C=O) groups excluding carboxylic acids is 2. The molecule has 1 aliphatic carbocycles. The highest BCUT2D eigenvalue weighted by molar-refractivity contribution is 7.92. The summed E-state index contributed by atoms with van der Waals surface area (Å²) in [4.78, 5) is 29.2. The molecule has 2 amide bonds. The number of nitrogens with zero attached hydrogens (tertiary/aromatic N) is 2. The Morgan fingerprint density at radius 1 is 0.927 bits per heavy atom. The number of sulfonamides is 1. The second kappa shape index (κ2) is 14.2. The summed E-state index contributed by atoms with van der Waals surface area (Å²) in [5.41, 5.74) is 0.944. The minimum absolute atomic E-state index is 0.00973. The van der Waals surface area contributed by atoms with Gasteiger partial charge in [0.25, 0.3) is 10.0 Å². The molecule has 1 saturated carbocycles. The molecule has 0 spiro atoms. The normalized spacial score (nSPS) is 14.7. The molecule has 0 bridgehead atoms. The van der Waals surface area contributed by atoms with Crippen molar-refractivity contribution >= 4 is 50.7 Å². The van der Waals surface area contributed by atoms with Gasteiger partial charge in [-0.3, -0.25) is 13.9 Å². The van der Waals surface area contributed by atoms with Crippen molar-refractivity contribution in [3.63, 3.8) is 0 Å². The van der Waals surface area contributed by atoms with Gasteiger partial charge in [0.2, 0.25) is 11.8 Å². The van der Waals surface area contributed by atoms with Gasteiger partial charge in [0.1, 0.15) is 12.6 Å². The molecule has 0 aromatic heterocycles. The third-order valence-corrected chi connectivity index (χ3v) is 9.63. The molecule has 1 N–H and O–H groups in total. The van der Waals surface area contributed by atoms with E-state index >= 15 is 0 Å². The molecule has 218 valence electrons. The summed E-state index contributed by atoms with van der Waals surface area (Å²) in [7, 11) is -4.21. The van der Waals surface area contributed by atoms with Gasteiger partial charge in [-0.05, 0) is 55.2 Å². The summed E-state index contributed by atoms with van der Waals surface area (Å²) >= 11 is 12.6. The maximum Gasteiger partial charge on any atom is 0.264 e. The van der Waals surface area contributed by atoms with Gasteiger partial charge in [0.05, 0.1) is 15.6 Å². The topological polar surface area (TPSA) is 86.8 Å². The molecule has 3 aromatic rings. The number of carbonyl (C=O) groups is 2. The van der Waals surface area contributed by atoms with E-state index in [-0.39, 0.29) is 34.1 Å². The predicted molar refractivity (Wildman–Crippen MR) is 164 cm³/mol. The van der Waals surface area contributed by atoms with Crippen molar-refractivity contribution in [3.05, 3.63) is 94.5 Å². The van der Waals surface area contributed by atoms with E-state index in [4.69, 9.17) is 23.2 Å². The monoisotopic (exact) mass is 615 g/mol. The molecule has 0 saturated heterocycles. The molecule has 0 heterocycles. The minimum Gasteiger partial charge on any atom is -0.352 e. The number of halogens is 2. The van der Waals surface area contributed by atoms with Crippen molar-refractivity contribution in [2.45, 2.75) is 69.0 Å². The molecule has 1 atom stereocenters. The zero-order valence-electron chi connectivity index (χ0n) is 23.0. The Bertz CT molecular complexity index is 1430. The third kappa shape index (κ3) is 7.82. The quantitative estimate of drug-likeness (QED) is 0.269. The molecule has 41 heavy (non-hydrogen) atoms. The molecule has 3 aromatic carbocycles. The number of nitrogens with one attached hydrogen (secondary N) is 1. The Kier molecular flexibility index (Phi) is 10.7. The molecule has 7 nitrogen and oxygen atoms in total.